The van der Waals surface area contributed by atoms with Crippen LogP contribution in [0.3, 0.4) is 0 Å². The molecular weight excluding hydrogens is 797 g/mol. The van der Waals surface area contributed by atoms with Crippen molar-refractivity contribution in [2.75, 3.05) is 9.80 Å². The van der Waals surface area contributed by atoms with Gasteiger partial charge >= 0.3 is 0 Å². The number of benzene rings is 9. The first-order chi connectivity index (χ1) is 32.7. The van der Waals surface area contributed by atoms with Crippen molar-refractivity contribution in [3.05, 3.63) is 255 Å². The summed E-state index contributed by atoms with van der Waals surface area (Å²) < 4.78 is 0. The summed E-state index contributed by atoms with van der Waals surface area (Å²) in [5.74, 6) is 0. The van der Waals surface area contributed by atoms with Gasteiger partial charge in [-0.3, -0.25) is 0 Å². The smallest absolute Gasteiger partial charge is 0.0540 e. The molecule has 0 amide bonds. The van der Waals surface area contributed by atoms with Crippen LogP contribution >= 0.6 is 0 Å². The lowest BCUT2D eigenvalue weighted by Gasteiger charge is -2.28. The number of hydrogen-bond donors (Lipinski definition) is 0. The molecule has 0 spiro atoms. The molecule has 0 aliphatic heterocycles. The second-order valence-electron chi connectivity index (χ2n) is 16.7. The first-order valence-electron chi connectivity index (χ1n) is 22.8. The average molecular weight is 845 g/mol. The molecule has 0 bridgehead atoms. The molecule has 66 heavy (non-hydrogen) atoms. The van der Waals surface area contributed by atoms with Crippen LogP contribution in [0.5, 0.6) is 0 Å². The first-order valence-corrected chi connectivity index (χ1v) is 22.8. The highest BCUT2D eigenvalue weighted by atomic mass is 15.2. The fraction of sp³-hybridized carbons (Fsp3) is 0.0312. The predicted molar refractivity (Wildman–Crippen MR) is 288 cm³/mol. The van der Waals surface area contributed by atoms with Gasteiger partial charge in [-0.15, -0.1) is 0 Å². The summed E-state index contributed by atoms with van der Waals surface area (Å²) >= 11 is 0. The summed E-state index contributed by atoms with van der Waals surface area (Å²) in [5, 5.41) is 15.0. The van der Waals surface area contributed by atoms with Crippen LogP contribution in [0.2, 0.25) is 0 Å². The Morgan fingerprint density at radius 2 is 0.788 bits per heavy atom. The summed E-state index contributed by atoms with van der Waals surface area (Å²) in [5.41, 5.74) is 11.5. The van der Waals surface area contributed by atoms with Gasteiger partial charge in [-0.05, 0) is 145 Å². The Hall–Kier alpha value is -8.46. The van der Waals surface area contributed by atoms with E-state index < -0.39 is 0 Å². The Kier molecular flexibility index (Phi) is 10.3. The van der Waals surface area contributed by atoms with Crippen LogP contribution in [0.15, 0.2) is 255 Å². The molecule has 0 aromatic heterocycles. The number of rotatable bonds is 12. The number of hydrogen-bond acceptors (Lipinski definition) is 2. The molecule has 314 valence electrons. The van der Waals surface area contributed by atoms with Crippen LogP contribution in [0.1, 0.15) is 13.8 Å². The van der Waals surface area contributed by atoms with Gasteiger partial charge in [-0.2, -0.15) is 0 Å². The summed E-state index contributed by atoms with van der Waals surface area (Å²) in [7, 11) is 0. The van der Waals surface area contributed by atoms with E-state index in [9.17, 15) is 0 Å². The lowest BCUT2D eigenvalue weighted by molar-refractivity contribution is 1.21. The zero-order valence-corrected chi connectivity index (χ0v) is 37.2. The molecule has 0 atom stereocenters. The van der Waals surface area contributed by atoms with Gasteiger partial charge in [-0.25, -0.2) is 0 Å². The first kappa shape index (κ1) is 40.3. The summed E-state index contributed by atoms with van der Waals surface area (Å²) in [6.07, 6.45) is 16.4. The number of nitrogens with zero attached hydrogens (tertiary/aromatic N) is 2. The molecule has 0 N–H and O–H groups in total. The minimum absolute atomic E-state index is 1.04. The van der Waals surface area contributed by atoms with Gasteiger partial charge in [0, 0.05) is 33.5 Å². The van der Waals surface area contributed by atoms with Crippen molar-refractivity contribution in [1.29, 1.82) is 0 Å². The monoisotopic (exact) mass is 844 g/mol. The van der Waals surface area contributed by atoms with Gasteiger partial charge in [-0.1, -0.05) is 189 Å². The quantitative estimate of drug-likeness (QED) is 0.113. The summed E-state index contributed by atoms with van der Waals surface area (Å²) in [6, 6.07) is 66.7. The molecule has 0 fully saturated rings. The molecule has 11 rings (SSSR count). The maximum atomic E-state index is 4.12. The highest BCUT2D eigenvalue weighted by Gasteiger charge is 2.29. The maximum absolute atomic E-state index is 4.12. The Morgan fingerprint density at radius 1 is 0.379 bits per heavy atom. The van der Waals surface area contributed by atoms with Gasteiger partial charge in [0.2, 0.25) is 0 Å². The molecule has 11 aromatic carbocycles. The standard InChI is InChI=1S/C64H48N2/c1-5-9-30-45(8-4)65(47-31-18-12-19-32-47)55-41-39-53-59-49(55)35-22-37-51(59)61-57(43-26-14-10-15-27-43)64-54-40-42-56(66(46(24-6-2)25-7-3)48-33-20-13-21-34-48)50-36-23-38-52(60(50)54)62(64)58(63(53)61)44-28-16-11-17-29-44/h5-42H,1-2H2,3-4H3/b25-7-,30-9-,45-8+,46-24+. The molecular formula is C64H48N2. The van der Waals surface area contributed by atoms with Crippen LogP contribution in [0, 0.1) is 0 Å². The largest absolute Gasteiger partial charge is 0.310 e. The van der Waals surface area contributed by atoms with E-state index in [2.05, 4.69) is 249 Å². The van der Waals surface area contributed by atoms with Crippen molar-refractivity contribution >= 4 is 87.4 Å². The zero-order valence-electron chi connectivity index (χ0n) is 37.2. The molecule has 0 radical (unpaired) electrons. The second-order valence-corrected chi connectivity index (χ2v) is 16.7. The van der Waals surface area contributed by atoms with Crippen LogP contribution in [-0.4, -0.2) is 0 Å². The Labute approximate surface area is 386 Å². The summed E-state index contributed by atoms with van der Waals surface area (Å²) in [4.78, 5) is 4.74. The molecule has 0 saturated carbocycles. The maximum Gasteiger partial charge on any atom is 0.0540 e. The van der Waals surface area contributed by atoms with Gasteiger partial charge in [0.15, 0.2) is 0 Å². The fourth-order valence-corrected chi connectivity index (χ4v) is 10.6. The van der Waals surface area contributed by atoms with E-state index in [1.54, 1.807) is 0 Å². The minimum atomic E-state index is 1.04. The zero-order chi connectivity index (χ0) is 44.7. The summed E-state index contributed by atoms with van der Waals surface area (Å²) in [6.45, 7) is 12.3. The van der Waals surface area contributed by atoms with Gasteiger partial charge in [0.25, 0.3) is 0 Å². The molecule has 0 saturated heterocycles. The van der Waals surface area contributed by atoms with E-state index in [1.807, 2.05) is 18.2 Å². The third kappa shape index (κ3) is 6.33. The molecule has 2 heteroatoms. The molecule has 2 nitrogen and oxygen atoms in total. The molecule has 0 heterocycles. The van der Waals surface area contributed by atoms with Crippen molar-refractivity contribution in [3.8, 4) is 22.3 Å². The normalized spacial score (nSPS) is 12.6. The number of fused-ring (bicyclic) bond motifs is 6. The molecule has 0 aliphatic carbocycles. The van der Waals surface area contributed by atoms with Gasteiger partial charge < -0.3 is 9.80 Å². The van der Waals surface area contributed by atoms with Crippen molar-refractivity contribution < 1.29 is 0 Å². The fourth-order valence-electron chi connectivity index (χ4n) is 10.6. The van der Waals surface area contributed by atoms with E-state index in [1.165, 1.54) is 86.9 Å². The van der Waals surface area contributed by atoms with E-state index in [0.29, 0.717) is 0 Å². The second kappa shape index (κ2) is 16.9. The lowest BCUT2D eigenvalue weighted by atomic mass is 9.87. The van der Waals surface area contributed by atoms with Gasteiger partial charge in [0.05, 0.1) is 11.4 Å². The van der Waals surface area contributed by atoms with E-state index in [0.717, 1.165) is 34.1 Å². The van der Waals surface area contributed by atoms with Crippen molar-refractivity contribution in [2.24, 2.45) is 0 Å². The highest BCUT2D eigenvalue weighted by Crippen LogP contribution is 2.57. The highest BCUT2D eigenvalue weighted by molar-refractivity contribution is 6.47. The predicted octanol–water partition coefficient (Wildman–Crippen LogP) is 18.4. The lowest BCUT2D eigenvalue weighted by Crippen LogP contribution is -2.15. The van der Waals surface area contributed by atoms with Crippen molar-refractivity contribution in [1.82, 2.24) is 0 Å². The van der Waals surface area contributed by atoms with Crippen LogP contribution < -0.4 is 9.80 Å². The average Bonchev–Trinajstić information content (AvgIpc) is 3.89. The number of para-hydroxylation sites is 2. The van der Waals surface area contributed by atoms with Crippen molar-refractivity contribution in [3.63, 3.8) is 0 Å². The Morgan fingerprint density at radius 3 is 1.20 bits per heavy atom. The Balaban J connectivity index is 1.33. The van der Waals surface area contributed by atoms with E-state index in [-0.39, 0.29) is 0 Å². The van der Waals surface area contributed by atoms with Crippen LogP contribution in [-0.2, 0) is 0 Å². The third-order valence-corrected chi connectivity index (χ3v) is 13.1. The van der Waals surface area contributed by atoms with E-state index in [4.69, 9.17) is 0 Å². The molecule has 0 aliphatic rings. The van der Waals surface area contributed by atoms with E-state index >= 15 is 0 Å². The van der Waals surface area contributed by atoms with Crippen molar-refractivity contribution in [2.45, 2.75) is 13.8 Å². The number of allylic oxidation sites excluding steroid dienone is 8. The minimum Gasteiger partial charge on any atom is -0.310 e. The van der Waals surface area contributed by atoms with Crippen LogP contribution in [0.4, 0.5) is 22.7 Å². The topological polar surface area (TPSA) is 6.48 Å². The molecule has 0 unspecified atom stereocenters. The number of anilines is 4. The Bertz CT molecular complexity index is 3630. The third-order valence-electron chi connectivity index (χ3n) is 13.1. The SMILES string of the molecule is C=C/C=C\C(=C/C)N(c1ccccc1)c1ccc2c3c(-c4ccccc4)c4c5cccc6c(N(C(/C=C\C)=C/C=C)c7ccccc7)ccc(c4c(-c4ccccc4)c3c3cccc1c32)c65. The molecule has 11 aromatic rings. The van der Waals surface area contributed by atoms with Crippen LogP contribution in [0.25, 0.3) is 86.9 Å². The van der Waals surface area contributed by atoms with Gasteiger partial charge in [0.1, 0.15) is 0 Å².